The minimum absolute atomic E-state index is 0.180. The summed E-state index contributed by atoms with van der Waals surface area (Å²) in [6, 6.07) is 6.86. The van der Waals surface area contributed by atoms with Crippen molar-refractivity contribution in [2.24, 2.45) is 0 Å². The zero-order chi connectivity index (χ0) is 15.4. The van der Waals surface area contributed by atoms with Crippen LogP contribution in [0, 0.1) is 6.92 Å². The van der Waals surface area contributed by atoms with Gasteiger partial charge in [0, 0.05) is 17.5 Å². The molecule has 1 aromatic heterocycles. The lowest BCUT2D eigenvalue weighted by atomic mass is 10.0. The smallest absolute Gasteiger partial charge is 0.204 e. The maximum Gasteiger partial charge on any atom is 0.204 e. The van der Waals surface area contributed by atoms with Gasteiger partial charge in [0.1, 0.15) is 0 Å². The van der Waals surface area contributed by atoms with Gasteiger partial charge in [-0.1, -0.05) is 0 Å². The highest BCUT2D eigenvalue weighted by Crippen LogP contribution is 2.40. The van der Waals surface area contributed by atoms with Crippen LogP contribution in [0.1, 0.15) is 21.6 Å². The molecule has 0 radical (unpaired) electrons. The Bertz CT molecular complexity index is 650. The SMILES string of the molecule is COc1ccc(C(=O)c2ccc(C)nc2)c(OC)c1OC. The highest BCUT2D eigenvalue weighted by Gasteiger charge is 2.21. The van der Waals surface area contributed by atoms with Crippen LogP contribution in [-0.2, 0) is 0 Å². The lowest BCUT2D eigenvalue weighted by Gasteiger charge is -2.15. The van der Waals surface area contributed by atoms with E-state index < -0.39 is 0 Å². The Morgan fingerprint density at radius 1 is 0.952 bits per heavy atom. The average Bonchev–Trinajstić information content (AvgIpc) is 2.53. The van der Waals surface area contributed by atoms with Crippen LogP contribution in [0.5, 0.6) is 17.2 Å². The van der Waals surface area contributed by atoms with Crippen molar-refractivity contribution in [3.05, 3.63) is 47.3 Å². The number of nitrogens with zero attached hydrogens (tertiary/aromatic N) is 1. The van der Waals surface area contributed by atoms with Gasteiger partial charge in [-0.2, -0.15) is 0 Å². The van der Waals surface area contributed by atoms with Crippen LogP contribution in [0.2, 0.25) is 0 Å². The van der Waals surface area contributed by atoms with Gasteiger partial charge in [-0.25, -0.2) is 0 Å². The lowest BCUT2D eigenvalue weighted by Crippen LogP contribution is -2.06. The number of aryl methyl sites for hydroxylation is 1. The molecule has 0 fully saturated rings. The third-order valence-corrected chi connectivity index (χ3v) is 3.12. The summed E-state index contributed by atoms with van der Waals surface area (Å²) in [4.78, 5) is 16.7. The van der Waals surface area contributed by atoms with E-state index in [0.717, 1.165) is 5.69 Å². The number of carbonyl (C=O) groups is 1. The van der Waals surface area contributed by atoms with Crippen LogP contribution in [0.15, 0.2) is 30.5 Å². The zero-order valence-corrected chi connectivity index (χ0v) is 12.5. The predicted molar refractivity (Wildman–Crippen MR) is 78.5 cm³/mol. The van der Waals surface area contributed by atoms with Gasteiger partial charge in [-0.05, 0) is 31.2 Å². The standard InChI is InChI=1S/C16H17NO4/c1-10-5-6-11(9-17-10)14(18)12-7-8-13(19-2)16(21-4)15(12)20-3/h5-9H,1-4H3. The second-order valence-corrected chi connectivity index (χ2v) is 4.40. The van der Waals surface area contributed by atoms with Gasteiger partial charge in [-0.15, -0.1) is 0 Å². The van der Waals surface area contributed by atoms with Crippen molar-refractivity contribution in [1.29, 1.82) is 0 Å². The molecule has 0 spiro atoms. The summed E-state index contributed by atoms with van der Waals surface area (Å²) in [5.74, 6) is 1.07. The molecule has 0 unspecified atom stereocenters. The number of pyridine rings is 1. The van der Waals surface area contributed by atoms with Crippen molar-refractivity contribution in [2.45, 2.75) is 6.92 Å². The van der Waals surface area contributed by atoms with Crippen LogP contribution in [-0.4, -0.2) is 32.1 Å². The summed E-state index contributed by atoms with van der Waals surface area (Å²) in [5, 5.41) is 0. The van der Waals surface area contributed by atoms with Crippen LogP contribution in [0.25, 0.3) is 0 Å². The second-order valence-electron chi connectivity index (χ2n) is 4.40. The van der Waals surface area contributed by atoms with E-state index in [0.29, 0.717) is 28.4 Å². The van der Waals surface area contributed by atoms with E-state index in [2.05, 4.69) is 4.98 Å². The minimum Gasteiger partial charge on any atom is -0.493 e. The molecule has 0 N–H and O–H groups in total. The monoisotopic (exact) mass is 287 g/mol. The third kappa shape index (κ3) is 2.81. The molecule has 0 aliphatic carbocycles. The molecule has 0 saturated carbocycles. The van der Waals surface area contributed by atoms with Gasteiger partial charge >= 0.3 is 0 Å². The Hall–Kier alpha value is -2.56. The topological polar surface area (TPSA) is 57.7 Å². The summed E-state index contributed by atoms with van der Waals surface area (Å²) < 4.78 is 15.8. The zero-order valence-electron chi connectivity index (χ0n) is 12.5. The molecular formula is C16H17NO4. The number of aromatic nitrogens is 1. The molecule has 0 amide bonds. The van der Waals surface area contributed by atoms with Crippen molar-refractivity contribution in [3.63, 3.8) is 0 Å². The number of rotatable bonds is 5. The molecule has 5 nitrogen and oxygen atoms in total. The highest BCUT2D eigenvalue weighted by atomic mass is 16.5. The Kier molecular flexibility index (Phi) is 4.42. The Morgan fingerprint density at radius 3 is 2.19 bits per heavy atom. The Morgan fingerprint density at radius 2 is 1.67 bits per heavy atom. The second kappa shape index (κ2) is 6.26. The van der Waals surface area contributed by atoms with Crippen LogP contribution in [0.4, 0.5) is 0 Å². The fourth-order valence-electron chi connectivity index (χ4n) is 2.04. The van der Waals surface area contributed by atoms with Crippen molar-refractivity contribution in [2.75, 3.05) is 21.3 Å². The first-order valence-corrected chi connectivity index (χ1v) is 6.38. The quantitative estimate of drug-likeness (QED) is 0.791. The maximum absolute atomic E-state index is 12.6. The van der Waals surface area contributed by atoms with Gasteiger partial charge in [0.2, 0.25) is 5.75 Å². The fourth-order valence-corrected chi connectivity index (χ4v) is 2.04. The molecule has 2 aromatic rings. The van der Waals surface area contributed by atoms with E-state index in [1.54, 1.807) is 30.5 Å². The lowest BCUT2D eigenvalue weighted by molar-refractivity contribution is 0.103. The predicted octanol–water partition coefficient (Wildman–Crippen LogP) is 2.65. The summed E-state index contributed by atoms with van der Waals surface area (Å²) >= 11 is 0. The van der Waals surface area contributed by atoms with Crippen LogP contribution >= 0.6 is 0 Å². The van der Waals surface area contributed by atoms with E-state index in [1.807, 2.05) is 6.92 Å². The number of ketones is 1. The first kappa shape index (κ1) is 14.8. The number of hydrogen-bond acceptors (Lipinski definition) is 5. The molecule has 0 aliphatic rings. The van der Waals surface area contributed by atoms with Gasteiger partial charge in [0.15, 0.2) is 17.3 Å². The molecular weight excluding hydrogens is 270 g/mol. The van der Waals surface area contributed by atoms with E-state index in [1.165, 1.54) is 21.3 Å². The Balaban J connectivity index is 2.53. The van der Waals surface area contributed by atoms with Gasteiger partial charge < -0.3 is 14.2 Å². The highest BCUT2D eigenvalue weighted by molar-refractivity contribution is 6.11. The largest absolute Gasteiger partial charge is 0.493 e. The van der Waals surface area contributed by atoms with Gasteiger partial charge in [0.05, 0.1) is 26.9 Å². The molecule has 0 bridgehead atoms. The number of ether oxygens (including phenoxy) is 3. The maximum atomic E-state index is 12.6. The summed E-state index contributed by atoms with van der Waals surface area (Å²) in [7, 11) is 4.52. The van der Waals surface area contributed by atoms with E-state index in [-0.39, 0.29) is 5.78 Å². The fraction of sp³-hybridized carbons (Fsp3) is 0.250. The number of carbonyl (C=O) groups excluding carboxylic acids is 1. The molecule has 5 heteroatoms. The van der Waals surface area contributed by atoms with E-state index in [9.17, 15) is 4.79 Å². The van der Waals surface area contributed by atoms with E-state index >= 15 is 0 Å². The molecule has 110 valence electrons. The molecule has 1 heterocycles. The van der Waals surface area contributed by atoms with Crippen molar-refractivity contribution in [1.82, 2.24) is 4.98 Å². The normalized spacial score (nSPS) is 10.1. The first-order valence-electron chi connectivity index (χ1n) is 6.38. The summed E-state index contributed by atoms with van der Waals surface area (Å²) in [6.07, 6.45) is 1.55. The van der Waals surface area contributed by atoms with Crippen LogP contribution < -0.4 is 14.2 Å². The molecule has 0 saturated heterocycles. The van der Waals surface area contributed by atoms with Crippen molar-refractivity contribution < 1.29 is 19.0 Å². The third-order valence-electron chi connectivity index (χ3n) is 3.12. The molecule has 0 aliphatic heterocycles. The van der Waals surface area contributed by atoms with Gasteiger partial charge in [0.25, 0.3) is 0 Å². The molecule has 0 atom stereocenters. The molecule has 2 rings (SSSR count). The molecule has 1 aromatic carbocycles. The number of methoxy groups -OCH3 is 3. The van der Waals surface area contributed by atoms with Gasteiger partial charge in [-0.3, -0.25) is 9.78 Å². The summed E-state index contributed by atoms with van der Waals surface area (Å²) in [6.45, 7) is 1.87. The summed E-state index contributed by atoms with van der Waals surface area (Å²) in [5.41, 5.74) is 1.75. The molecule has 21 heavy (non-hydrogen) atoms. The first-order chi connectivity index (χ1) is 10.1. The Labute approximate surface area is 123 Å². The van der Waals surface area contributed by atoms with Crippen molar-refractivity contribution >= 4 is 5.78 Å². The average molecular weight is 287 g/mol. The number of benzene rings is 1. The van der Waals surface area contributed by atoms with Crippen molar-refractivity contribution in [3.8, 4) is 17.2 Å². The minimum atomic E-state index is -0.180. The van der Waals surface area contributed by atoms with E-state index in [4.69, 9.17) is 14.2 Å². The number of hydrogen-bond donors (Lipinski definition) is 0. The van der Waals surface area contributed by atoms with Crippen LogP contribution in [0.3, 0.4) is 0 Å².